The number of nitrogen functional groups attached to an aromatic ring is 1. The van der Waals surface area contributed by atoms with Crippen molar-refractivity contribution >= 4 is 18.3 Å². The summed E-state index contributed by atoms with van der Waals surface area (Å²) in [5.41, 5.74) is 4.92. The summed E-state index contributed by atoms with van der Waals surface area (Å²) in [7, 11) is 0. The maximum absolute atomic E-state index is 12.9. The highest BCUT2D eigenvalue weighted by Crippen LogP contribution is 2.16. The number of hydrogen-bond acceptors (Lipinski definition) is 2. The van der Waals surface area contributed by atoms with Crippen LogP contribution in [-0.4, -0.2) is 5.75 Å². The Kier molecular flexibility index (Phi) is 3.78. The van der Waals surface area contributed by atoms with Crippen LogP contribution in [0.5, 0.6) is 0 Å². The Morgan fingerprint density at radius 1 is 1.29 bits per heavy atom. The van der Waals surface area contributed by atoms with Gasteiger partial charge in [0.15, 0.2) is 0 Å². The third-order valence-corrected chi connectivity index (χ3v) is 1.77. The van der Waals surface area contributed by atoms with Gasteiger partial charge in [-0.3, -0.25) is 0 Å². The molecule has 0 aliphatic rings. The van der Waals surface area contributed by atoms with Crippen molar-refractivity contribution < 1.29 is 8.78 Å². The van der Waals surface area contributed by atoms with Crippen LogP contribution >= 0.6 is 12.6 Å². The molecular weight excluding hydrogens is 204 g/mol. The lowest BCUT2D eigenvalue weighted by Gasteiger charge is -1.98. The number of nitrogens with two attached hydrogens (primary N) is 1. The summed E-state index contributed by atoms with van der Waals surface area (Å²) in [4.78, 5) is 0. The van der Waals surface area contributed by atoms with Gasteiger partial charge in [-0.2, -0.15) is 12.6 Å². The normalized spacial score (nSPS) is 9.36. The smallest absolute Gasteiger partial charge is 0.150 e. The molecule has 0 bridgehead atoms. The van der Waals surface area contributed by atoms with E-state index in [1.54, 1.807) is 0 Å². The second kappa shape index (κ2) is 4.87. The van der Waals surface area contributed by atoms with E-state index in [1.807, 2.05) is 0 Å². The summed E-state index contributed by atoms with van der Waals surface area (Å²) in [5.74, 6) is 4.41. The minimum Gasteiger partial charge on any atom is -0.394 e. The number of thiol groups is 1. The highest BCUT2D eigenvalue weighted by molar-refractivity contribution is 7.80. The molecule has 0 unspecified atom stereocenters. The van der Waals surface area contributed by atoms with E-state index >= 15 is 0 Å². The zero-order valence-electron chi connectivity index (χ0n) is 7.35. The third kappa shape index (κ3) is 2.64. The Morgan fingerprint density at radius 2 is 1.86 bits per heavy atom. The molecule has 0 aliphatic heterocycles. The second-order valence-electron chi connectivity index (χ2n) is 2.63. The molecule has 4 heteroatoms. The van der Waals surface area contributed by atoms with Gasteiger partial charge in [-0.25, -0.2) is 8.78 Å². The molecule has 0 spiro atoms. The molecule has 14 heavy (non-hydrogen) atoms. The highest BCUT2D eigenvalue weighted by Gasteiger charge is 2.05. The van der Waals surface area contributed by atoms with Crippen molar-refractivity contribution in [2.75, 3.05) is 11.5 Å². The van der Waals surface area contributed by atoms with Crippen LogP contribution in [0.4, 0.5) is 14.5 Å². The number of anilines is 1. The first-order chi connectivity index (χ1) is 6.65. The van der Waals surface area contributed by atoms with E-state index in [1.165, 1.54) is 0 Å². The molecule has 0 saturated heterocycles. The number of rotatable bonds is 1. The zero-order chi connectivity index (χ0) is 10.6. The monoisotopic (exact) mass is 213 g/mol. The molecule has 0 aromatic heterocycles. The van der Waals surface area contributed by atoms with Gasteiger partial charge in [0.2, 0.25) is 0 Å². The minimum absolute atomic E-state index is 0.288. The lowest BCUT2D eigenvalue weighted by Crippen LogP contribution is -1.96. The molecule has 0 aliphatic carbocycles. The van der Waals surface area contributed by atoms with Crippen molar-refractivity contribution in [2.45, 2.75) is 6.42 Å². The Balaban J connectivity index is 2.97. The third-order valence-electron chi connectivity index (χ3n) is 1.55. The van der Waals surface area contributed by atoms with Gasteiger partial charge in [-0.1, -0.05) is 11.8 Å². The van der Waals surface area contributed by atoms with Crippen LogP contribution in [-0.2, 0) is 0 Å². The first-order valence-corrected chi connectivity index (χ1v) is 4.62. The number of hydrogen-bond donors (Lipinski definition) is 2. The van der Waals surface area contributed by atoms with Crippen LogP contribution in [0.15, 0.2) is 12.1 Å². The van der Waals surface area contributed by atoms with Crippen molar-refractivity contribution in [3.05, 3.63) is 29.3 Å². The van der Waals surface area contributed by atoms with Crippen molar-refractivity contribution in [1.29, 1.82) is 0 Å². The maximum atomic E-state index is 12.9. The molecule has 0 radical (unpaired) electrons. The summed E-state index contributed by atoms with van der Waals surface area (Å²) in [5, 5.41) is 0. The molecule has 0 saturated carbocycles. The average Bonchev–Trinajstić information content (AvgIpc) is 2.14. The summed E-state index contributed by atoms with van der Waals surface area (Å²) >= 11 is 3.95. The van der Waals surface area contributed by atoms with E-state index in [0.29, 0.717) is 12.2 Å². The molecular formula is C10H9F2NS. The second-order valence-corrected chi connectivity index (χ2v) is 3.08. The fraction of sp³-hybridized carbons (Fsp3) is 0.200. The molecule has 0 fully saturated rings. The zero-order valence-corrected chi connectivity index (χ0v) is 8.24. The molecule has 1 aromatic rings. The molecule has 74 valence electrons. The van der Waals surface area contributed by atoms with Crippen LogP contribution in [0.1, 0.15) is 12.0 Å². The van der Waals surface area contributed by atoms with Crippen LogP contribution in [0, 0.1) is 23.5 Å². The van der Waals surface area contributed by atoms with E-state index < -0.39 is 17.3 Å². The van der Waals surface area contributed by atoms with E-state index in [9.17, 15) is 8.78 Å². The van der Waals surface area contributed by atoms with Crippen molar-refractivity contribution in [3.63, 3.8) is 0 Å². The lowest BCUT2D eigenvalue weighted by atomic mass is 10.2. The summed E-state index contributed by atoms with van der Waals surface area (Å²) < 4.78 is 25.8. The Morgan fingerprint density at radius 3 is 2.36 bits per heavy atom. The summed E-state index contributed by atoms with van der Waals surface area (Å²) in [6.45, 7) is 0. The Hall–Kier alpha value is -1.21. The van der Waals surface area contributed by atoms with Gasteiger partial charge in [0.25, 0.3) is 0 Å². The van der Waals surface area contributed by atoms with Crippen LogP contribution in [0.25, 0.3) is 0 Å². The van der Waals surface area contributed by atoms with E-state index in [0.717, 1.165) is 12.1 Å². The highest BCUT2D eigenvalue weighted by atomic mass is 32.1. The molecule has 1 aromatic carbocycles. The predicted molar refractivity (Wildman–Crippen MR) is 56.1 cm³/mol. The van der Waals surface area contributed by atoms with Crippen molar-refractivity contribution in [1.82, 2.24) is 0 Å². The first-order valence-electron chi connectivity index (χ1n) is 3.99. The van der Waals surface area contributed by atoms with Gasteiger partial charge in [-0.05, 0) is 12.1 Å². The fourth-order valence-electron chi connectivity index (χ4n) is 0.877. The van der Waals surface area contributed by atoms with Crippen LogP contribution in [0.3, 0.4) is 0 Å². The quantitative estimate of drug-likeness (QED) is 0.417. The van der Waals surface area contributed by atoms with Crippen LogP contribution < -0.4 is 5.73 Å². The van der Waals surface area contributed by atoms with Gasteiger partial charge in [0.1, 0.15) is 17.3 Å². The number of benzene rings is 1. The minimum atomic E-state index is -0.778. The standard InChI is InChI=1S/C10H9F2NS/c11-8-5-7(3-1-2-4-14)6-9(12)10(8)13/h5-6,14H,2,4,13H2. The van der Waals surface area contributed by atoms with E-state index in [-0.39, 0.29) is 5.56 Å². The Bertz CT molecular complexity index is 370. The van der Waals surface area contributed by atoms with E-state index in [4.69, 9.17) is 5.73 Å². The van der Waals surface area contributed by atoms with Crippen molar-refractivity contribution in [2.24, 2.45) is 0 Å². The van der Waals surface area contributed by atoms with Gasteiger partial charge in [0.05, 0.1) is 0 Å². The van der Waals surface area contributed by atoms with Gasteiger partial charge in [0, 0.05) is 17.7 Å². The Labute approximate surface area is 86.7 Å². The molecule has 0 heterocycles. The van der Waals surface area contributed by atoms with Gasteiger partial charge in [-0.15, -0.1) is 0 Å². The molecule has 0 atom stereocenters. The maximum Gasteiger partial charge on any atom is 0.150 e. The molecule has 0 amide bonds. The lowest BCUT2D eigenvalue weighted by molar-refractivity contribution is 0.591. The summed E-state index contributed by atoms with van der Waals surface area (Å²) in [6, 6.07) is 2.23. The SMILES string of the molecule is Nc1c(F)cc(C#CCCS)cc1F. The average molecular weight is 213 g/mol. The molecule has 1 rings (SSSR count). The summed E-state index contributed by atoms with van der Waals surface area (Å²) in [6.07, 6.45) is 0.580. The van der Waals surface area contributed by atoms with Gasteiger partial charge >= 0.3 is 0 Å². The van der Waals surface area contributed by atoms with Crippen molar-refractivity contribution in [3.8, 4) is 11.8 Å². The van der Waals surface area contributed by atoms with Crippen LogP contribution in [0.2, 0.25) is 0 Å². The number of halogens is 2. The largest absolute Gasteiger partial charge is 0.394 e. The van der Waals surface area contributed by atoms with E-state index in [2.05, 4.69) is 24.5 Å². The molecule has 2 N–H and O–H groups in total. The predicted octanol–water partition coefficient (Wildman–Crippen LogP) is 2.22. The first kappa shape index (κ1) is 10.9. The molecule has 1 nitrogen and oxygen atoms in total. The topological polar surface area (TPSA) is 26.0 Å². The van der Waals surface area contributed by atoms with Gasteiger partial charge < -0.3 is 5.73 Å². The fourth-order valence-corrected chi connectivity index (χ4v) is 0.989.